The van der Waals surface area contributed by atoms with E-state index in [-0.39, 0.29) is 5.78 Å². The number of Topliss-reactive ketones (excluding diaryl/α,β-unsaturated/α-hetero) is 1. The highest BCUT2D eigenvalue weighted by Crippen LogP contribution is 2.26. The number of allylic oxidation sites excluding steroid dienone is 2. The molecule has 1 fully saturated rings. The van der Waals surface area contributed by atoms with Gasteiger partial charge in [-0.05, 0) is 60.9 Å². The van der Waals surface area contributed by atoms with Crippen molar-refractivity contribution in [3.8, 4) is 0 Å². The van der Waals surface area contributed by atoms with Gasteiger partial charge in [-0.25, -0.2) is 0 Å². The fourth-order valence-corrected chi connectivity index (χ4v) is 3.17. The molecule has 1 saturated carbocycles. The maximum Gasteiger partial charge on any atom is 0.185 e. The SMILES string of the molecule is O=C1C(=Cc2csnn2)CCCCCC1=Cc1csnn1. The smallest absolute Gasteiger partial charge is 0.185 e. The molecule has 0 amide bonds. The Labute approximate surface area is 130 Å². The van der Waals surface area contributed by atoms with Gasteiger partial charge in [0.2, 0.25) is 0 Å². The van der Waals surface area contributed by atoms with Crippen LogP contribution in [-0.2, 0) is 4.79 Å². The molecule has 3 rings (SSSR count). The van der Waals surface area contributed by atoms with Crippen LogP contribution < -0.4 is 0 Å². The molecule has 0 bridgehead atoms. The van der Waals surface area contributed by atoms with Crippen molar-refractivity contribution in [1.82, 2.24) is 19.2 Å². The Morgan fingerprint density at radius 2 is 1.38 bits per heavy atom. The third-order valence-corrected chi connectivity index (χ3v) is 4.42. The average Bonchev–Trinajstić information content (AvgIpc) is 3.15. The number of hydrogen-bond donors (Lipinski definition) is 0. The number of carbonyl (C=O) groups is 1. The van der Waals surface area contributed by atoms with Crippen molar-refractivity contribution in [2.24, 2.45) is 0 Å². The third-order valence-electron chi connectivity index (χ3n) is 3.37. The highest BCUT2D eigenvalue weighted by Gasteiger charge is 2.18. The minimum Gasteiger partial charge on any atom is -0.289 e. The van der Waals surface area contributed by atoms with Crippen molar-refractivity contribution in [2.75, 3.05) is 0 Å². The molecule has 0 aromatic carbocycles. The van der Waals surface area contributed by atoms with Crippen LogP contribution in [0.5, 0.6) is 0 Å². The molecule has 108 valence electrons. The van der Waals surface area contributed by atoms with Gasteiger partial charge in [0, 0.05) is 21.9 Å². The summed E-state index contributed by atoms with van der Waals surface area (Å²) in [5, 5.41) is 11.7. The lowest BCUT2D eigenvalue weighted by molar-refractivity contribution is -0.112. The Kier molecular flexibility index (Phi) is 4.62. The van der Waals surface area contributed by atoms with E-state index >= 15 is 0 Å². The predicted molar refractivity (Wildman–Crippen MR) is 83.9 cm³/mol. The van der Waals surface area contributed by atoms with Gasteiger partial charge in [0.25, 0.3) is 0 Å². The molecule has 7 heteroatoms. The number of carbonyl (C=O) groups excluding carboxylic acids is 1. The first-order chi connectivity index (χ1) is 10.3. The van der Waals surface area contributed by atoms with E-state index in [0.29, 0.717) is 0 Å². The molecule has 0 saturated heterocycles. The summed E-state index contributed by atoms with van der Waals surface area (Å²) >= 11 is 2.59. The lowest BCUT2D eigenvalue weighted by Gasteiger charge is -2.13. The second kappa shape index (κ2) is 6.82. The van der Waals surface area contributed by atoms with E-state index in [9.17, 15) is 4.79 Å². The largest absolute Gasteiger partial charge is 0.289 e. The first kappa shape index (κ1) is 14.2. The second-order valence-electron chi connectivity index (χ2n) is 4.89. The zero-order valence-electron chi connectivity index (χ0n) is 11.4. The molecular weight excluding hydrogens is 304 g/mol. The van der Waals surface area contributed by atoms with Gasteiger partial charge in [-0.3, -0.25) is 4.79 Å². The predicted octanol–water partition coefficient (Wildman–Crippen LogP) is 3.39. The molecule has 21 heavy (non-hydrogen) atoms. The maximum absolute atomic E-state index is 12.7. The quantitative estimate of drug-likeness (QED) is 0.794. The van der Waals surface area contributed by atoms with Gasteiger partial charge in [-0.1, -0.05) is 15.4 Å². The number of hydrogen-bond acceptors (Lipinski definition) is 7. The van der Waals surface area contributed by atoms with E-state index in [0.717, 1.165) is 54.6 Å². The normalized spacial score (nSPS) is 20.7. The average molecular weight is 318 g/mol. The standard InChI is InChI=1S/C14H14N4OS2/c19-14-10(6-12-8-20-17-15-12)4-2-1-3-5-11(14)7-13-9-21-18-16-13/h6-9H,1-5H2. The summed E-state index contributed by atoms with van der Waals surface area (Å²) in [6.07, 6.45) is 8.54. The summed E-state index contributed by atoms with van der Waals surface area (Å²) in [4.78, 5) is 12.7. The molecule has 2 heterocycles. The van der Waals surface area contributed by atoms with Crippen LogP contribution in [0.15, 0.2) is 21.9 Å². The van der Waals surface area contributed by atoms with Gasteiger partial charge in [-0.15, -0.1) is 10.2 Å². The summed E-state index contributed by atoms with van der Waals surface area (Å²) in [7, 11) is 0. The van der Waals surface area contributed by atoms with Crippen LogP contribution in [0.1, 0.15) is 43.5 Å². The highest BCUT2D eigenvalue weighted by atomic mass is 32.1. The summed E-state index contributed by atoms with van der Waals surface area (Å²) in [5.41, 5.74) is 3.16. The fraction of sp³-hybridized carbons (Fsp3) is 0.357. The molecule has 1 aliphatic carbocycles. The molecule has 0 unspecified atom stereocenters. The topological polar surface area (TPSA) is 68.6 Å². The van der Waals surface area contributed by atoms with Crippen LogP contribution in [0.4, 0.5) is 0 Å². The van der Waals surface area contributed by atoms with E-state index in [1.807, 2.05) is 22.9 Å². The third kappa shape index (κ3) is 3.68. The minimum atomic E-state index is 0.107. The van der Waals surface area contributed by atoms with Crippen LogP contribution in [0.25, 0.3) is 12.2 Å². The van der Waals surface area contributed by atoms with Crippen molar-refractivity contribution < 1.29 is 4.79 Å². The maximum atomic E-state index is 12.7. The summed E-state index contributed by atoms with van der Waals surface area (Å²) < 4.78 is 7.68. The van der Waals surface area contributed by atoms with Gasteiger partial charge < -0.3 is 0 Å². The first-order valence-corrected chi connectivity index (χ1v) is 8.50. The minimum absolute atomic E-state index is 0.107. The number of ketones is 1. The van der Waals surface area contributed by atoms with E-state index in [1.54, 1.807) is 0 Å². The van der Waals surface area contributed by atoms with E-state index in [4.69, 9.17) is 0 Å². The zero-order valence-corrected chi connectivity index (χ0v) is 13.0. The highest BCUT2D eigenvalue weighted by molar-refractivity contribution is 7.03. The van der Waals surface area contributed by atoms with E-state index < -0.39 is 0 Å². The summed E-state index contributed by atoms with van der Waals surface area (Å²) in [5.74, 6) is 0.107. The van der Waals surface area contributed by atoms with Crippen LogP contribution in [0.2, 0.25) is 0 Å². The monoisotopic (exact) mass is 318 g/mol. The number of rotatable bonds is 2. The Bertz CT molecular complexity index is 603. The number of nitrogens with zero attached hydrogens (tertiary/aromatic N) is 4. The van der Waals surface area contributed by atoms with Crippen molar-refractivity contribution >= 4 is 41.0 Å². The van der Waals surface area contributed by atoms with Crippen LogP contribution in [0, 0.1) is 0 Å². The molecule has 1 aliphatic rings. The number of aromatic nitrogens is 4. The van der Waals surface area contributed by atoms with Crippen LogP contribution in [-0.4, -0.2) is 25.0 Å². The lowest BCUT2D eigenvalue weighted by Crippen LogP contribution is -2.09. The lowest BCUT2D eigenvalue weighted by atomic mass is 9.90. The molecule has 5 nitrogen and oxygen atoms in total. The molecule has 0 N–H and O–H groups in total. The molecule has 2 aromatic heterocycles. The van der Waals surface area contributed by atoms with Crippen LogP contribution >= 0.6 is 23.1 Å². The van der Waals surface area contributed by atoms with Gasteiger partial charge in [0.15, 0.2) is 5.78 Å². The van der Waals surface area contributed by atoms with Gasteiger partial charge >= 0.3 is 0 Å². The van der Waals surface area contributed by atoms with Gasteiger partial charge in [0.1, 0.15) is 0 Å². The molecule has 0 spiro atoms. The summed E-state index contributed by atoms with van der Waals surface area (Å²) in [6, 6.07) is 0. The Morgan fingerprint density at radius 1 is 0.857 bits per heavy atom. The van der Waals surface area contributed by atoms with Crippen LogP contribution in [0.3, 0.4) is 0 Å². The zero-order chi connectivity index (χ0) is 14.5. The second-order valence-corrected chi connectivity index (χ2v) is 6.11. The van der Waals surface area contributed by atoms with Crippen molar-refractivity contribution in [1.29, 1.82) is 0 Å². The Balaban J connectivity index is 1.91. The van der Waals surface area contributed by atoms with Crippen molar-refractivity contribution in [2.45, 2.75) is 32.1 Å². The molecular formula is C14H14N4OS2. The molecule has 0 atom stereocenters. The molecule has 2 aromatic rings. The molecule has 0 aliphatic heterocycles. The fourth-order valence-electron chi connectivity index (χ4n) is 2.34. The van der Waals surface area contributed by atoms with Gasteiger partial charge in [-0.2, -0.15) is 0 Å². The Hall–Kier alpha value is -1.73. The summed E-state index contributed by atoms with van der Waals surface area (Å²) in [6.45, 7) is 0. The first-order valence-electron chi connectivity index (χ1n) is 6.83. The Morgan fingerprint density at radius 3 is 1.81 bits per heavy atom. The van der Waals surface area contributed by atoms with Gasteiger partial charge in [0.05, 0.1) is 11.4 Å². The van der Waals surface area contributed by atoms with Crippen molar-refractivity contribution in [3.63, 3.8) is 0 Å². The van der Waals surface area contributed by atoms with E-state index in [1.165, 1.54) is 23.1 Å². The van der Waals surface area contributed by atoms with E-state index in [2.05, 4.69) is 19.2 Å². The van der Waals surface area contributed by atoms with Crippen molar-refractivity contribution in [3.05, 3.63) is 33.3 Å². The molecule has 0 radical (unpaired) electrons.